The van der Waals surface area contributed by atoms with Gasteiger partial charge in [0.2, 0.25) is 0 Å². The predicted molar refractivity (Wildman–Crippen MR) is 109 cm³/mol. The van der Waals surface area contributed by atoms with Gasteiger partial charge in [-0.2, -0.15) is 0 Å². The summed E-state index contributed by atoms with van der Waals surface area (Å²) in [7, 11) is 1.48. The van der Waals surface area contributed by atoms with Gasteiger partial charge < -0.3 is 9.47 Å². The molecule has 0 radical (unpaired) electrons. The van der Waals surface area contributed by atoms with Gasteiger partial charge in [0.15, 0.2) is 29.0 Å². The number of hydrogen-bond donors (Lipinski definition) is 1. The number of hydrogen-bond acceptors (Lipinski definition) is 6. The number of ketones is 1. The molecule has 0 fully saturated rings. The molecule has 0 aliphatic heterocycles. The molecule has 2 aromatic carbocycles. The number of Topliss-reactive ketones (excluding diaryl/α,β-unsaturated/α-hetero) is 1. The van der Waals surface area contributed by atoms with Gasteiger partial charge in [-0.1, -0.05) is 29.8 Å². The molecule has 0 saturated heterocycles. The first-order chi connectivity index (χ1) is 13.5. The summed E-state index contributed by atoms with van der Waals surface area (Å²) in [6, 6.07) is 12.9. The lowest BCUT2D eigenvalue weighted by Crippen LogP contribution is -2.20. The lowest BCUT2D eigenvalue weighted by atomic mass is 10.1. The molecule has 0 atom stereocenters. The maximum Gasteiger partial charge on any atom is 0.264 e. The van der Waals surface area contributed by atoms with Crippen molar-refractivity contribution >= 4 is 28.2 Å². The third-order valence-electron chi connectivity index (χ3n) is 4.03. The summed E-state index contributed by atoms with van der Waals surface area (Å²) in [6.45, 7) is 3.30. The fraction of sp³-hybridized carbons (Fsp3) is 0.190. The summed E-state index contributed by atoms with van der Waals surface area (Å²) < 4.78 is 10.8. The molecule has 0 saturated carbocycles. The number of anilines is 1. The van der Waals surface area contributed by atoms with Crippen LogP contribution in [-0.2, 0) is 4.79 Å². The monoisotopic (exact) mass is 396 g/mol. The van der Waals surface area contributed by atoms with Crippen molar-refractivity contribution in [2.45, 2.75) is 13.8 Å². The average molecular weight is 396 g/mol. The molecule has 28 heavy (non-hydrogen) atoms. The first kappa shape index (κ1) is 19.6. The highest BCUT2D eigenvalue weighted by molar-refractivity contribution is 7.14. The Morgan fingerprint density at radius 1 is 1.11 bits per heavy atom. The molecular weight excluding hydrogens is 376 g/mol. The largest absolute Gasteiger partial charge is 0.493 e. The molecule has 0 aliphatic carbocycles. The summed E-state index contributed by atoms with van der Waals surface area (Å²) >= 11 is 1.35. The van der Waals surface area contributed by atoms with Crippen LogP contribution in [0, 0.1) is 6.92 Å². The van der Waals surface area contributed by atoms with E-state index in [0.717, 1.165) is 11.3 Å². The number of amides is 1. The number of rotatable bonds is 7. The van der Waals surface area contributed by atoms with E-state index in [9.17, 15) is 9.59 Å². The van der Waals surface area contributed by atoms with E-state index in [1.165, 1.54) is 30.9 Å². The van der Waals surface area contributed by atoms with Crippen LogP contribution in [0.15, 0.2) is 47.8 Å². The van der Waals surface area contributed by atoms with Gasteiger partial charge in [0.25, 0.3) is 5.91 Å². The fourth-order valence-corrected chi connectivity index (χ4v) is 3.23. The van der Waals surface area contributed by atoms with Gasteiger partial charge in [-0.15, -0.1) is 11.3 Å². The quantitative estimate of drug-likeness (QED) is 0.601. The lowest BCUT2D eigenvalue weighted by molar-refractivity contribution is -0.118. The molecule has 0 aliphatic rings. The maximum absolute atomic E-state index is 12.2. The topological polar surface area (TPSA) is 77.5 Å². The summed E-state index contributed by atoms with van der Waals surface area (Å²) in [4.78, 5) is 28.1. The summed E-state index contributed by atoms with van der Waals surface area (Å²) in [5, 5.41) is 5.13. The Kier molecular flexibility index (Phi) is 6.06. The zero-order valence-corrected chi connectivity index (χ0v) is 16.6. The Morgan fingerprint density at radius 2 is 1.86 bits per heavy atom. The van der Waals surface area contributed by atoms with Crippen LogP contribution >= 0.6 is 11.3 Å². The minimum atomic E-state index is -0.331. The first-order valence-electron chi connectivity index (χ1n) is 8.60. The van der Waals surface area contributed by atoms with Crippen molar-refractivity contribution in [3.8, 4) is 22.8 Å². The van der Waals surface area contributed by atoms with Gasteiger partial charge in [-0.05, 0) is 32.0 Å². The van der Waals surface area contributed by atoms with Gasteiger partial charge in [0.1, 0.15) is 0 Å². The molecular formula is C21H20N2O4S. The Labute approximate surface area is 167 Å². The van der Waals surface area contributed by atoms with E-state index < -0.39 is 0 Å². The number of methoxy groups -OCH3 is 1. The number of nitrogens with one attached hydrogen (secondary N) is 1. The minimum Gasteiger partial charge on any atom is -0.493 e. The van der Waals surface area contributed by atoms with Crippen molar-refractivity contribution in [1.82, 2.24) is 4.98 Å². The molecule has 0 unspecified atom stereocenters. The highest BCUT2D eigenvalue weighted by Gasteiger charge is 2.12. The van der Waals surface area contributed by atoms with Crippen LogP contribution in [0.2, 0.25) is 0 Å². The molecule has 1 heterocycles. The van der Waals surface area contributed by atoms with Crippen molar-refractivity contribution in [2.24, 2.45) is 0 Å². The van der Waals surface area contributed by atoms with E-state index in [2.05, 4.69) is 10.3 Å². The Hall–Kier alpha value is -3.19. The summed E-state index contributed by atoms with van der Waals surface area (Å²) in [6.07, 6.45) is 0. The van der Waals surface area contributed by atoms with E-state index in [1.54, 1.807) is 18.2 Å². The number of carbonyl (C=O) groups excluding carboxylic acids is 2. The molecule has 0 spiro atoms. The lowest BCUT2D eigenvalue weighted by Gasteiger charge is -2.11. The number of ether oxygens (including phenoxy) is 2. The normalized spacial score (nSPS) is 10.4. The standard InChI is InChI=1S/C21H20N2O4S/c1-13-4-6-15(7-5-13)17-12-28-21(22-17)23-20(25)11-27-18-9-8-16(14(2)24)10-19(18)26-3/h4-10,12H,11H2,1-3H3,(H,22,23,25). The van der Waals surface area contributed by atoms with Gasteiger partial charge >= 0.3 is 0 Å². The molecule has 1 N–H and O–H groups in total. The van der Waals surface area contributed by atoms with Crippen molar-refractivity contribution < 1.29 is 19.1 Å². The first-order valence-corrected chi connectivity index (χ1v) is 9.48. The number of nitrogens with zero attached hydrogens (tertiary/aromatic N) is 1. The van der Waals surface area contributed by atoms with E-state index in [4.69, 9.17) is 9.47 Å². The number of aromatic nitrogens is 1. The van der Waals surface area contributed by atoms with Crippen LogP contribution < -0.4 is 14.8 Å². The molecule has 3 aromatic rings. The third-order valence-corrected chi connectivity index (χ3v) is 4.78. The molecule has 1 amide bonds. The number of aryl methyl sites for hydroxylation is 1. The van der Waals surface area contributed by atoms with Crippen LogP contribution in [0.3, 0.4) is 0 Å². The van der Waals surface area contributed by atoms with E-state index in [1.807, 2.05) is 36.6 Å². The van der Waals surface area contributed by atoms with Crippen LogP contribution in [0.5, 0.6) is 11.5 Å². The highest BCUT2D eigenvalue weighted by atomic mass is 32.1. The SMILES string of the molecule is COc1cc(C(C)=O)ccc1OCC(=O)Nc1nc(-c2ccc(C)cc2)cs1. The number of thiazole rings is 1. The van der Waals surface area contributed by atoms with Crippen molar-refractivity contribution in [2.75, 3.05) is 19.0 Å². The Balaban J connectivity index is 1.61. The predicted octanol–water partition coefficient (Wildman–Crippen LogP) is 4.35. The maximum atomic E-state index is 12.2. The van der Waals surface area contributed by atoms with Crippen LogP contribution in [0.1, 0.15) is 22.8 Å². The molecule has 7 heteroatoms. The second kappa shape index (κ2) is 8.67. The molecule has 3 rings (SSSR count). The Bertz CT molecular complexity index is 996. The summed E-state index contributed by atoms with van der Waals surface area (Å²) in [5.74, 6) is 0.386. The second-order valence-corrected chi connectivity index (χ2v) is 7.02. The Morgan fingerprint density at radius 3 is 2.54 bits per heavy atom. The minimum absolute atomic E-state index is 0.0734. The molecule has 144 valence electrons. The molecule has 0 bridgehead atoms. The van der Waals surface area contributed by atoms with Crippen molar-refractivity contribution in [3.63, 3.8) is 0 Å². The average Bonchev–Trinajstić information content (AvgIpc) is 3.15. The van der Waals surface area contributed by atoms with Gasteiger partial charge in [-0.25, -0.2) is 4.98 Å². The second-order valence-electron chi connectivity index (χ2n) is 6.16. The van der Waals surface area contributed by atoms with Gasteiger partial charge in [-0.3, -0.25) is 14.9 Å². The highest BCUT2D eigenvalue weighted by Crippen LogP contribution is 2.28. The smallest absolute Gasteiger partial charge is 0.264 e. The van der Waals surface area contributed by atoms with E-state index in [0.29, 0.717) is 22.2 Å². The van der Waals surface area contributed by atoms with Crippen LogP contribution in [0.4, 0.5) is 5.13 Å². The number of carbonyl (C=O) groups is 2. The van der Waals surface area contributed by atoms with Crippen molar-refractivity contribution in [1.29, 1.82) is 0 Å². The molecule has 1 aromatic heterocycles. The number of benzene rings is 2. The van der Waals surface area contributed by atoms with Gasteiger partial charge in [0, 0.05) is 16.5 Å². The van der Waals surface area contributed by atoms with Gasteiger partial charge in [0.05, 0.1) is 12.8 Å². The van der Waals surface area contributed by atoms with Crippen molar-refractivity contribution in [3.05, 3.63) is 59.0 Å². The zero-order chi connectivity index (χ0) is 20.1. The van der Waals surface area contributed by atoms with Crippen LogP contribution in [-0.4, -0.2) is 30.4 Å². The summed E-state index contributed by atoms with van der Waals surface area (Å²) in [5.41, 5.74) is 3.49. The zero-order valence-electron chi connectivity index (χ0n) is 15.8. The van der Waals surface area contributed by atoms with E-state index in [-0.39, 0.29) is 18.3 Å². The fourth-order valence-electron chi connectivity index (χ4n) is 2.49. The molecule has 6 nitrogen and oxygen atoms in total. The van der Waals surface area contributed by atoms with E-state index >= 15 is 0 Å². The third kappa shape index (κ3) is 4.75. The van der Waals surface area contributed by atoms with Crippen LogP contribution in [0.25, 0.3) is 11.3 Å².